The van der Waals surface area contributed by atoms with Crippen molar-refractivity contribution < 1.29 is 4.74 Å². The highest BCUT2D eigenvalue weighted by atomic mass is 16.5. The Balaban J connectivity index is 1.79. The molecule has 1 aliphatic carbocycles. The van der Waals surface area contributed by atoms with Crippen LogP contribution in [0, 0.1) is 11.8 Å². The predicted octanol–water partition coefficient (Wildman–Crippen LogP) is 2.63. The van der Waals surface area contributed by atoms with Crippen molar-refractivity contribution in [2.75, 3.05) is 12.8 Å². The predicted molar refractivity (Wildman–Crippen MR) is 82.0 cm³/mol. The third kappa shape index (κ3) is 2.80. The first kappa shape index (κ1) is 14.1. The lowest BCUT2D eigenvalue weighted by atomic mass is 9.81. The second-order valence-corrected chi connectivity index (χ2v) is 6.10. The number of nitrogens with zero attached hydrogens (tertiary/aromatic N) is 4. The summed E-state index contributed by atoms with van der Waals surface area (Å²) >= 11 is 0. The molecule has 6 nitrogen and oxygen atoms in total. The summed E-state index contributed by atoms with van der Waals surface area (Å²) in [6, 6.07) is 0. The molecule has 0 radical (unpaired) electrons. The Hall–Kier alpha value is -1.85. The van der Waals surface area contributed by atoms with E-state index < -0.39 is 0 Å². The van der Waals surface area contributed by atoms with Crippen LogP contribution in [-0.2, 0) is 6.54 Å². The van der Waals surface area contributed by atoms with Gasteiger partial charge in [0.1, 0.15) is 6.33 Å². The molecule has 1 fully saturated rings. The second-order valence-electron chi connectivity index (χ2n) is 6.10. The molecule has 6 heteroatoms. The molecule has 2 N–H and O–H groups in total. The Labute approximate surface area is 124 Å². The topological polar surface area (TPSA) is 78.8 Å². The zero-order valence-electron chi connectivity index (χ0n) is 12.7. The minimum absolute atomic E-state index is 0.483. The molecule has 114 valence electrons. The molecule has 3 rings (SSSR count). The molecule has 0 bridgehead atoms. The average molecular weight is 289 g/mol. The Morgan fingerprint density at radius 2 is 2.24 bits per heavy atom. The summed E-state index contributed by atoms with van der Waals surface area (Å²) in [5.74, 6) is 2.61. The van der Waals surface area contributed by atoms with Crippen LogP contribution in [0.1, 0.15) is 39.0 Å². The molecular formula is C15H23N5O. The number of methoxy groups -OCH3 is 1. The van der Waals surface area contributed by atoms with E-state index in [9.17, 15) is 0 Å². The third-order valence-electron chi connectivity index (χ3n) is 4.53. The van der Waals surface area contributed by atoms with E-state index >= 15 is 0 Å². The quantitative estimate of drug-likeness (QED) is 0.936. The van der Waals surface area contributed by atoms with Crippen LogP contribution in [0.3, 0.4) is 0 Å². The molecule has 2 heterocycles. The second kappa shape index (κ2) is 5.87. The van der Waals surface area contributed by atoms with E-state index in [2.05, 4.69) is 21.9 Å². The number of aryl methyl sites for hydroxylation is 1. The maximum Gasteiger partial charge on any atom is 0.245 e. The highest BCUT2D eigenvalue weighted by molar-refractivity contribution is 5.78. The molecule has 0 spiro atoms. The number of aromatic nitrogens is 4. The molecule has 2 aromatic heterocycles. The summed E-state index contributed by atoms with van der Waals surface area (Å²) in [4.78, 5) is 12.7. The van der Waals surface area contributed by atoms with Gasteiger partial charge in [-0.25, -0.2) is 9.97 Å². The summed E-state index contributed by atoms with van der Waals surface area (Å²) in [6.45, 7) is 3.21. The van der Waals surface area contributed by atoms with Gasteiger partial charge in [0.15, 0.2) is 11.2 Å². The minimum Gasteiger partial charge on any atom is -0.479 e. The van der Waals surface area contributed by atoms with Gasteiger partial charge in [0.2, 0.25) is 11.8 Å². The van der Waals surface area contributed by atoms with E-state index in [0.29, 0.717) is 17.3 Å². The van der Waals surface area contributed by atoms with Gasteiger partial charge >= 0.3 is 0 Å². The van der Waals surface area contributed by atoms with Crippen molar-refractivity contribution in [1.82, 2.24) is 19.5 Å². The first-order valence-corrected chi connectivity index (χ1v) is 7.69. The van der Waals surface area contributed by atoms with Gasteiger partial charge in [-0.05, 0) is 24.7 Å². The molecule has 0 aliphatic heterocycles. The van der Waals surface area contributed by atoms with Crippen LogP contribution in [-0.4, -0.2) is 26.6 Å². The van der Waals surface area contributed by atoms with Crippen molar-refractivity contribution in [3.63, 3.8) is 0 Å². The number of anilines is 1. The fourth-order valence-electron chi connectivity index (χ4n) is 3.44. The lowest BCUT2D eigenvalue weighted by Crippen LogP contribution is -2.16. The first-order valence-electron chi connectivity index (χ1n) is 7.69. The molecule has 21 heavy (non-hydrogen) atoms. The highest BCUT2D eigenvalue weighted by Gasteiger charge is 2.20. The summed E-state index contributed by atoms with van der Waals surface area (Å²) in [5, 5.41) is 0. The maximum atomic E-state index is 6.05. The van der Waals surface area contributed by atoms with Gasteiger partial charge in [-0.1, -0.05) is 26.2 Å². The lowest BCUT2D eigenvalue weighted by molar-refractivity contribution is 0.262. The molecular weight excluding hydrogens is 266 g/mol. The van der Waals surface area contributed by atoms with E-state index in [1.807, 2.05) is 4.57 Å². The number of rotatable bonds is 4. The van der Waals surface area contributed by atoms with Gasteiger partial charge < -0.3 is 10.5 Å². The minimum atomic E-state index is 0.483. The summed E-state index contributed by atoms with van der Waals surface area (Å²) < 4.78 is 7.21. The Kier molecular flexibility index (Phi) is 3.94. The van der Waals surface area contributed by atoms with E-state index in [1.54, 1.807) is 7.11 Å². The van der Waals surface area contributed by atoms with Gasteiger partial charge in [-0.3, -0.25) is 4.57 Å². The van der Waals surface area contributed by atoms with Crippen molar-refractivity contribution in [2.24, 2.45) is 11.8 Å². The van der Waals surface area contributed by atoms with Crippen LogP contribution < -0.4 is 10.5 Å². The zero-order valence-corrected chi connectivity index (χ0v) is 12.7. The standard InChI is InChI=1S/C15H23N5O/c1-10-4-3-5-11(8-10)6-7-20-13-12(19-15(20)16)14(21-2)18-9-17-13/h9-11H,3-8H2,1-2H3,(H2,16,19). The van der Waals surface area contributed by atoms with E-state index in [0.717, 1.165) is 30.4 Å². The number of hydrogen-bond acceptors (Lipinski definition) is 5. The largest absolute Gasteiger partial charge is 0.479 e. The average Bonchev–Trinajstić information content (AvgIpc) is 2.80. The number of imidazole rings is 1. The summed E-state index contributed by atoms with van der Waals surface area (Å²) in [7, 11) is 1.58. The van der Waals surface area contributed by atoms with Crippen LogP contribution >= 0.6 is 0 Å². The zero-order chi connectivity index (χ0) is 14.8. The van der Waals surface area contributed by atoms with Gasteiger partial charge in [-0.15, -0.1) is 0 Å². The molecule has 1 saturated carbocycles. The van der Waals surface area contributed by atoms with E-state index in [-0.39, 0.29) is 0 Å². The molecule has 2 unspecified atom stereocenters. The van der Waals surface area contributed by atoms with Crippen LogP contribution in [0.2, 0.25) is 0 Å². The maximum absolute atomic E-state index is 6.05. The van der Waals surface area contributed by atoms with Crippen molar-refractivity contribution in [1.29, 1.82) is 0 Å². The summed E-state index contributed by atoms with van der Waals surface area (Å²) in [5.41, 5.74) is 7.46. The first-order chi connectivity index (χ1) is 10.2. The van der Waals surface area contributed by atoms with Gasteiger partial charge in [0.05, 0.1) is 7.11 Å². The fraction of sp³-hybridized carbons (Fsp3) is 0.667. The number of ether oxygens (including phenoxy) is 1. The van der Waals surface area contributed by atoms with Crippen LogP contribution in [0.4, 0.5) is 5.95 Å². The molecule has 2 aromatic rings. The van der Waals surface area contributed by atoms with Crippen LogP contribution in [0.15, 0.2) is 6.33 Å². The number of nitrogen functional groups attached to an aromatic ring is 1. The Bertz CT molecular complexity index is 624. The number of nitrogens with two attached hydrogens (primary N) is 1. The van der Waals surface area contributed by atoms with Gasteiger partial charge in [0.25, 0.3) is 0 Å². The van der Waals surface area contributed by atoms with Crippen molar-refractivity contribution in [3.05, 3.63) is 6.33 Å². The molecule has 1 aliphatic rings. The SMILES string of the molecule is COc1ncnc2c1nc(N)n2CCC1CCCC(C)C1. The van der Waals surface area contributed by atoms with Crippen molar-refractivity contribution in [2.45, 2.75) is 45.6 Å². The Morgan fingerprint density at radius 3 is 3.00 bits per heavy atom. The summed E-state index contributed by atoms with van der Waals surface area (Å²) in [6.07, 6.45) is 8.01. The van der Waals surface area contributed by atoms with Gasteiger partial charge in [-0.2, -0.15) is 4.98 Å². The molecule has 0 aromatic carbocycles. The van der Waals surface area contributed by atoms with Gasteiger partial charge in [0, 0.05) is 6.54 Å². The smallest absolute Gasteiger partial charge is 0.245 e. The lowest BCUT2D eigenvalue weighted by Gasteiger charge is -2.26. The Morgan fingerprint density at radius 1 is 1.38 bits per heavy atom. The third-order valence-corrected chi connectivity index (χ3v) is 4.53. The molecule has 2 atom stereocenters. The normalized spacial score (nSPS) is 22.6. The highest BCUT2D eigenvalue weighted by Crippen LogP contribution is 2.32. The fourth-order valence-corrected chi connectivity index (χ4v) is 3.44. The van der Waals surface area contributed by atoms with E-state index in [1.165, 1.54) is 32.0 Å². The monoisotopic (exact) mass is 289 g/mol. The molecule has 0 saturated heterocycles. The van der Waals surface area contributed by atoms with Crippen molar-refractivity contribution in [3.8, 4) is 5.88 Å². The number of hydrogen-bond donors (Lipinski definition) is 1. The van der Waals surface area contributed by atoms with Crippen LogP contribution in [0.5, 0.6) is 5.88 Å². The van der Waals surface area contributed by atoms with Crippen LogP contribution in [0.25, 0.3) is 11.2 Å². The van der Waals surface area contributed by atoms with E-state index in [4.69, 9.17) is 10.5 Å². The number of fused-ring (bicyclic) bond motifs is 1. The van der Waals surface area contributed by atoms with Crippen molar-refractivity contribution >= 4 is 17.1 Å². The molecule has 0 amide bonds.